The summed E-state index contributed by atoms with van der Waals surface area (Å²) < 4.78 is 47.9. The van der Waals surface area contributed by atoms with Crippen molar-refractivity contribution in [3.8, 4) is 0 Å². The van der Waals surface area contributed by atoms with Crippen LogP contribution in [-0.4, -0.2) is 72.3 Å². The van der Waals surface area contributed by atoms with Crippen molar-refractivity contribution in [2.75, 3.05) is 39.2 Å². The molecule has 2 amide bonds. The summed E-state index contributed by atoms with van der Waals surface area (Å²) in [6.45, 7) is 1.93. The molecule has 0 atom stereocenters. The minimum Gasteiger partial charge on any atom is -0.370 e. The second kappa shape index (κ2) is 10.1. The first-order valence-corrected chi connectivity index (χ1v) is 12.8. The number of primary sulfonamides is 1. The lowest BCUT2D eigenvalue weighted by Crippen LogP contribution is -2.34. The molecule has 3 heterocycles. The number of carbonyl (C=O) groups is 2. The van der Waals surface area contributed by atoms with Crippen molar-refractivity contribution in [1.29, 1.82) is 0 Å². The molecule has 0 bridgehead atoms. The summed E-state index contributed by atoms with van der Waals surface area (Å²) in [5.41, 5.74) is 0.237. The number of fused-ring (bicyclic) bond motifs is 1. The molecule has 11 nitrogen and oxygen atoms in total. The van der Waals surface area contributed by atoms with E-state index in [0.717, 1.165) is 44.8 Å². The molecule has 0 aromatic heterocycles. The van der Waals surface area contributed by atoms with E-state index in [1.54, 1.807) is 9.80 Å². The van der Waals surface area contributed by atoms with Gasteiger partial charge in [0.1, 0.15) is 9.79 Å². The molecule has 4 N–H and O–H groups in total. The first-order valence-electron chi connectivity index (χ1n) is 9.40. The molecule has 0 aliphatic carbocycles. The van der Waals surface area contributed by atoms with Crippen LogP contribution in [0.25, 0.3) is 0 Å². The Balaban J connectivity index is 0.000000199. The summed E-state index contributed by atoms with van der Waals surface area (Å²) in [7, 11) is -4.12. The molecule has 0 spiro atoms. The fourth-order valence-electron chi connectivity index (χ4n) is 2.98. The number of hydrogen-bond acceptors (Lipinski definition) is 7. The highest BCUT2D eigenvalue weighted by molar-refractivity contribution is 7.90. The number of amides is 2. The molecule has 2 saturated heterocycles. The zero-order valence-electron chi connectivity index (χ0n) is 17.2. The third kappa shape index (κ3) is 6.77. The zero-order valence-corrected chi connectivity index (χ0v) is 19.6. The van der Waals surface area contributed by atoms with E-state index in [1.165, 1.54) is 6.07 Å². The Morgan fingerprint density at radius 2 is 1.55 bits per heavy atom. The molecule has 1 aromatic rings. The third-order valence-corrected chi connectivity index (χ3v) is 7.61. The lowest BCUT2D eigenvalue weighted by molar-refractivity contribution is -0.127. The van der Waals surface area contributed by atoms with Crippen molar-refractivity contribution in [3.63, 3.8) is 0 Å². The molecule has 0 unspecified atom stereocenters. The van der Waals surface area contributed by atoms with Crippen molar-refractivity contribution in [1.82, 2.24) is 14.5 Å². The van der Waals surface area contributed by atoms with Gasteiger partial charge in [-0.3, -0.25) is 9.59 Å². The molecule has 3 aliphatic rings. The summed E-state index contributed by atoms with van der Waals surface area (Å²) in [5, 5.41) is 7.53. The monoisotopic (exact) mass is 495 g/mol. The summed E-state index contributed by atoms with van der Waals surface area (Å²) in [4.78, 5) is 23.9. The number of nitrogens with two attached hydrogens (primary N) is 1. The molecule has 3 aliphatic heterocycles. The van der Waals surface area contributed by atoms with Crippen LogP contribution in [0.3, 0.4) is 0 Å². The smallest absolute Gasteiger partial charge is 0.244 e. The van der Waals surface area contributed by atoms with E-state index in [0.29, 0.717) is 11.8 Å². The predicted octanol–water partition coefficient (Wildman–Crippen LogP) is 0.126. The van der Waals surface area contributed by atoms with Gasteiger partial charge in [-0.15, -0.1) is 0 Å². The molecule has 174 valence electrons. The van der Waals surface area contributed by atoms with Gasteiger partial charge in [-0.2, -0.15) is 4.72 Å². The Labute approximate surface area is 187 Å². The molecule has 2 fully saturated rings. The second-order valence-corrected chi connectivity index (χ2v) is 10.8. The Morgan fingerprint density at radius 3 is 1.90 bits per heavy atom. The molecule has 31 heavy (non-hydrogen) atoms. The lowest BCUT2D eigenvalue weighted by atomic mass is 10.3. The highest BCUT2D eigenvalue weighted by Gasteiger charge is 2.27. The maximum absolute atomic E-state index is 11.6. The number of carbonyl (C=O) groups excluding carboxylic acids is 2. The van der Waals surface area contributed by atoms with E-state index in [-0.39, 0.29) is 22.3 Å². The topological polar surface area (TPSA) is 159 Å². The van der Waals surface area contributed by atoms with Gasteiger partial charge in [-0.25, -0.2) is 22.0 Å². The average Bonchev–Trinajstić information content (AvgIpc) is 3.21. The molecule has 14 heteroatoms. The number of sulfonamides is 2. The Kier molecular flexibility index (Phi) is 8.27. The van der Waals surface area contributed by atoms with Crippen molar-refractivity contribution >= 4 is 49.1 Å². The number of anilines is 1. The number of nitrogens with one attached hydrogen (secondary N) is 2. The zero-order chi connectivity index (χ0) is 23.4. The summed E-state index contributed by atoms with van der Waals surface area (Å²) in [5.74, 6) is 0.583. The van der Waals surface area contributed by atoms with Gasteiger partial charge in [0, 0.05) is 40.0 Å². The Bertz CT molecular complexity index is 1040. The molecular weight excluding hydrogens is 470 g/mol. The second-order valence-electron chi connectivity index (χ2n) is 7.16. The predicted molar refractivity (Wildman–Crippen MR) is 115 cm³/mol. The number of likely N-dealkylation sites (tertiary alicyclic amines) is 2. The van der Waals surface area contributed by atoms with Crippen molar-refractivity contribution in [2.24, 2.45) is 5.14 Å². The normalized spacial score (nSPS) is 19.6. The molecule has 0 saturated carbocycles. The average molecular weight is 496 g/mol. The van der Waals surface area contributed by atoms with E-state index >= 15 is 0 Å². The molecule has 1 aromatic carbocycles. The van der Waals surface area contributed by atoms with Gasteiger partial charge in [-0.05, 0) is 25.0 Å². The van der Waals surface area contributed by atoms with Crippen LogP contribution >= 0.6 is 11.6 Å². The number of halogens is 1. The van der Waals surface area contributed by atoms with Crippen LogP contribution in [0.4, 0.5) is 5.69 Å². The van der Waals surface area contributed by atoms with Crippen LogP contribution in [-0.2, 0) is 29.6 Å². The van der Waals surface area contributed by atoms with Crippen LogP contribution in [0, 0.1) is 0 Å². The van der Waals surface area contributed by atoms with Gasteiger partial charge in [0.2, 0.25) is 31.9 Å². The van der Waals surface area contributed by atoms with E-state index in [1.807, 2.05) is 14.1 Å². The molecule has 0 radical (unpaired) electrons. The van der Waals surface area contributed by atoms with Gasteiger partial charge in [0.25, 0.3) is 0 Å². The van der Waals surface area contributed by atoms with Gasteiger partial charge in [-0.1, -0.05) is 11.6 Å². The van der Waals surface area contributed by atoms with Crippen molar-refractivity contribution in [3.05, 3.63) is 17.2 Å². The summed E-state index contributed by atoms with van der Waals surface area (Å²) in [6.07, 6.45) is 3.62. The van der Waals surface area contributed by atoms with Crippen LogP contribution in [0.1, 0.15) is 25.7 Å². The van der Waals surface area contributed by atoms with E-state index in [9.17, 15) is 26.4 Å². The Hall–Kier alpha value is -1.93. The minimum absolute atomic E-state index is 0.0143. The SMILES string of the molecule is CN1CCCC1=O.CN1CCCC1=O.NS(=O)(=O)c1cc2c(cc1Cl)NCNS2(=O)=O. The van der Waals surface area contributed by atoms with Crippen LogP contribution < -0.4 is 15.2 Å². The van der Waals surface area contributed by atoms with Gasteiger partial charge >= 0.3 is 0 Å². The first kappa shape index (κ1) is 25.3. The first-order chi connectivity index (χ1) is 14.3. The standard InChI is InChI=1S/C7H8ClN3O4S2.2C5H9NO/c8-4-1-5-7(2-6(4)16(9,12)13)17(14,15)11-3-10-5;2*1-6-4-2-3-5(6)7/h1-2,10-11H,3H2,(H2,9,12,13);2*2-4H2,1H3. The van der Waals surface area contributed by atoms with Crippen molar-refractivity contribution < 1.29 is 26.4 Å². The van der Waals surface area contributed by atoms with E-state index in [2.05, 4.69) is 10.0 Å². The van der Waals surface area contributed by atoms with Gasteiger partial charge in [0.05, 0.1) is 17.4 Å². The quantitative estimate of drug-likeness (QED) is 0.499. The lowest BCUT2D eigenvalue weighted by Gasteiger charge is -2.20. The number of nitrogens with zero attached hydrogens (tertiary/aromatic N) is 2. The third-order valence-electron chi connectivity index (χ3n) is 4.79. The fraction of sp³-hybridized carbons (Fsp3) is 0.529. The number of hydrogen-bond donors (Lipinski definition) is 3. The van der Waals surface area contributed by atoms with E-state index < -0.39 is 24.9 Å². The minimum atomic E-state index is -4.07. The highest BCUT2D eigenvalue weighted by Crippen LogP contribution is 2.32. The maximum Gasteiger partial charge on any atom is 0.244 e. The molecular formula is C17H26ClN5O6S2. The summed E-state index contributed by atoms with van der Waals surface area (Å²) in [6, 6.07) is 2.15. The van der Waals surface area contributed by atoms with Crippen LogP contribution in [0.2, 0.25) is 5.02 Å². The van der Waals surface area contributed by atoms with Gasteiger partial charge in [0.15, 0.2) is 0 Å². The Morgan fingerprint density at radius 1 is 1.03 bits per heavy atom. The fourth-order valence-corrected chi connectivity index (χ4v) is 5.27. The number of rotatable bonds is 1. The van der Waals surface area contributed by atoms with E-state index in [4.69, 9.17) is 16.7 Å². The van der Waals surface area contributed by atoms with Crippen LogP contribution in [0.5, 0.6) is 0 Å². The van der Waals surface area contributed by atoms with Crippen molar-refractivity contribution in [2.45, 2.75) is 35.5 Å². The number of benzene rings is 1. The largest absolute Gasteiger partial charge is 0.370 e. The maximum atomic E-state index is 11.6. The van der Waals surface area contributed by atoms with Gasteiger partial charge < -0.3 is 15.1 Å². The molecule has 4 rings (SSSR count). The highest BCUT2D eigenvalue weighted by atomic mass is 35.5. The van der Waals surface area contributed by atoms with Crippen LogP contribution in [0.15, 0.2) is 21.9 Å². The summed E-state index contributed by atoms with van der Waals surface area (Å²) >= 11 is 5.72.